The molecule has 0 fully saturated rings. The monoisotopic (exact) mass is 543 g/mol. The normalized spacial score (nSPS) is 15.2. The molecule has 1 unspecified atom stereocenters. The molecule has 1 aliphatic heterocycles. The Balaban J connectivity index is 1.77. The van der Waals surface area contributed by atoms with Crippen LogP contribution in [0.1, 0.15) is 43.9 Å². The molecule has 2 N–H and O–H groups in total. The maximum Gasteiger partial charge on any atom is 0.416 e. The van der Waals surface area contributed by atoms with E-state index in [1.807, 2.05) is 112 Å². The van der Waals surface area contributed by atoms with Gasteiger partial charge < -0.3 is 4.74 Å². The van der Waals surface area contributed by atoms with Crippen molar-refractivity contribution in [2.45, 2.75) is 49.8 Å². The summed E-state index contributed by atoms with van der Waals surface area (Å²) in [5.41, 5.74) is 0.536. The first-order valence-corrected chi connectivity index (χ1v) is 14.5. The van der Waals surface area contributed by atoms with Gasteiger partial charge in [-0.15, -0.1) is 0 Å². The first-order valence-electron chi connectivity index (χ1n) is 12.9. The zero-order valence-electron chi connectivity index (χ0n) is 22.4. The Bertz CT molecular complexity index is 1470. The number of nitrogens with zero attached hydrogens (tertiary/aromatic N) is 4. The van der Waals surface area contributed by atoms with Gasteiger partial charge in [-0.25, -0.2) is 18.8 Å². The number of hydrogen-bond donors (Lipinski definition) is 1. The van der Waals surface area contributed by atoms with Crippen molar-refractivity contribution < 1.29 is 13.7 Å². The van der Waals surface area contributed by atoms with Gasteiger partial charge >= 0.3 is 6.09 Å². The van der Waals surface area contributed by atoms with Gasteiger partial charge in [-0.2, -0.15) is 9.46 Å². The van der Waals surface area contributed by atoms with E-state index in [1.165, 1.54) is 11.1 Å². The number of rotatable bonds is 5. The lowest BCUT2D eigenvalue weighted by Gasteiger charge is -2.33. The molecule has 0 saturated heterocycles. The number of aromatic nitrogens is 2. The molecule has 0 bridgehead atoms. The third kappa shape index (κ3) is 5.20. The molecule has 0 aliphatic carbocycles. The Kier molecular flexibility index (Phi) is 7.05. The van der Waals surface area contributed by atoms with E-state index in [0.29, 0.717) is 25.3 Å². The fraction of sp³-hybridized carbons (Fsp3) is 0.267. The summed E-state index contributed by atoms with van der Waals surface area (Å²) in [5.74, 6) is 0.356. The summed E-state index contributed by atoms with van der Waals surface area (Å²) in [6.45, 7) is 6.38. The molecule has 9 heteroatoms. The highest BCUT2D eigenvalue weighted by Gasteiger charge is 2.40. The van der Waals surface area contributed by atoms with Gasteiger partial charge in [-0.3, -0.25) is 4.90 Å². The topological polar surface area (TPSA) is 103 Å². The van der Waals surface area contributed by atoms with Gasteiger partial charge in [-0.1, -0.05) is 91.0 Å². The number of hydrogen-bond acceptors (Lipinski definition) is 5. The van der Waals surface area contributed by atoms with Crippen LogP contribution in [0, 0.1) is 0 Å². The number of nitrogens with two attached hydrogens (primary N) is 1. The van der Waals surface area contributed by atoms with Crippen molar-refractivity contribution in [1.82, 2.24) is 9.78 Å². The second kappa shape index (κ2) is 10.3. The Morgan fingerprint density at radius 1 is 0.872 bits per heavy atom. The summed E-state index contributed by atoms with van der Waals surface area (Å²) < 4.78 is 27.0. The van der Waals surface area contributed by atoms with E-state index >= 15 is 0 Å². The summed E-state index contributed by atoms with van der Waals surface area (Å²) in [6.07, 6.45) is 1.61. The first-order chi connectivity index (χ1) is 18.6. The number of aryl methyl sites for hydroxylation is 1. The molecule has 202 valence electrons. The summed E-state index contributed by atoms with van der Waals surface area (Å²) in [6, 6.07) is 29.1. The van der Waals surface area contributed by atoms with Crippen LogP contribution in [0.4, 0.5) is 10.6 Å². The summed E-state index contributed by atoms with van der Waals surface area (Å²) in [4.78, 5) is 14.9. The number of carbonyl (C=O) groups excluding carboxylic acids is 1. The van der Waals surface area contributed by atoms with Crippen molar-refractivity contribution in [1.29, 1.82) is 0 Å². The van der Waals surface area contributed by atoms with Crippen molar-refractivity contribution in [2.24, 2.45) is 9.50 Å². The van der Waals surface area contributed by atoms with Crippen LogP contribution in [0.3, 0.4) is 0 Å². The number of fused-ring (bicyclic) bond motifs is 1. The number of ether oxygens (including phenoxy) is 1. The third-order valence-corrected chi connectivity index (χ3v) is 8.03. The molecule has 2 heterocycles. The van der Waals surface area contributed by atoms with E-state index in [1.54, 1.807) is 4.68 Å². The fourth-order valence-corrected chi connectivity index (χ4v) is 6.43. The van der Waals surface area contributed by atoms with E-state index in [-0.39, 0.29) is 4.90 Å². The average molecular weight is 544 g/mol. The zero-order chi connectivity index (χ0) is 27.7. The Hall–Kier alpha value is -3.95. The maximum absolute atomic E-state index is 14.7. The van der Waals surface area contributed by atoms with Gasteiger partial charge in [0.1, 0.15) is 26.0 Å². The van der Waals surface area contributed by atoms with Crippen molar-refractivity contribution >= 4 is 21.8 Å². The van der Waals surface area contributed by atoms with Crippen LogP contribution in [0.15, 0.2) is 106 Å². The number of carbonyl (C=O) groups is 1. The van der Waals surface area contributed by atoms with Crippen LogP contribution in [-0.2, 0) is 26.7 Å². The van der Waals surface area contributed by atoms with E-state index in [0.717, 1.165) is 16.7 Å². The first kappa shape index (κ1) is 26.6. The molecule has 8 nitrogen and oxygen atoms in total. The minimum absolute atomic E-state index is 0.195. The third-order valence-electron chi connectivity index (χ3n) is 6.56. The highest BCUT2D eigenvalue weighted by atomic mass is 32.2. The molecule has 1 aliphatic rings. The lowest BCUT2D eigenvalue weighted by molar-refractivity contribution is 0.0571. The van der Waals surface area contributed by atoms with Crippen molar-refractivity contribution in [3.63, 3.8) is 0 Å². The molecule has 1 atom stereocenters. The Morgan fingerprint density at radius 2 is 1.36 bits per heavy atom. The molecule has 1 amide bonds. The molecule has 4 aromatic rings. The van der Waals surface area contributed by atoms with Crippen LogP contribution in [-0.4, -0.2) is 32.2 Å². The molecular formula is C30H33N5O3S. The highest BCUT2D eigenvalue weighted by Crippen LogP contribution is 2.43. The van der Waals surface area contributed by atoms with Gasteiger partial charge in [0.25, 0.3) is 0 Å². The Morgan fingerprint density at radius 3 is 1.82 bits per heavy atom. The molecule has 0 saturated carbocycles. The molecule has 0 spiro atoms. The number of amides is 1. The van der Waals surface area contributed by atoms with Crippen LogP contribution >= 0.6 is 0 Å². The van der Waals surface area contributed by atoms with Crippen LogP contribution in [0.2, 0.25) is 0 Å². The predicted octanol–water partition coefficient (Wildman–Crippen LogP) is 5.72. The van der Waals surface area contributed by atoms with Crippen molar-refractivity contribution in [3.8, 4) is 0 Å². The molecule has 39 heavy (non-hydrogen) atoms. The van der Waals surface area contributed by atoms with E-state index < -0.39 is 27.1 Å². The van der Waals surface area contributed by atoms with E-state index in [2.05, 4.69) is 5.10 Å². The lowest BCUT2D eigenvalue weighted by Crippen LogP contribution is -2.42. The predicted molar refractivity (Wildman–Crippen MR) is 153 cm³/mol. The maximum atomic E-state index is 14.7. The smallest absolute Gasteiger partial charge is 0.416 e. The minimum atomic E-state index is -3.63. The number of benzene rings is 3. The minimum Gasteiger partial charge on any atom is -0.443 e. The fourth-order valence-electron chi connectivity index (χ4n) is 4.93. The SMILES string of the molecule is CC(C)(C)OC(=O)N1CCCn2ncc(S(N)(=O)=NC(c3ccccc3)(c3ccccc3)c3ccccc3)c21. The molecular weight excluding hydrogens is 510 g/mol. The molecule has 1 aromatic heterocycles. The average Bonchev–Trinajstić information content (AvgIpc) is 3.38. The number of anilines is 1. The second-order valence-electron chi connectivity index (χ2n) is 10.5. The van der Waals surface area contributed by atoms with Gasteiger partial charge in [0.05, 0.1) is 6.20 Å². The second-order valence-corrected chi connectivity index (χ2v) is 12.3. The van der Waals surface area contributed by atoms with Crippen molar-refractivity contribution in [3.05, 3.63) is 114 Å². The largest absolute Gasteiger partial charge is 0.443 e. The summed E-state index contributed by atoms with van der Waals surface area (Å²) in [7, 11) is -3.63. The van der Waals surface area contributed by atoms with Crippen LogP contribution in [0.25, 0.3) is 0 Å². The van der Waals surface area contributed by atoms with E-state index in [4.69, 9.17) is 14.2 Å². The standard InChI is InChI=1S/C30H33N5O3S/c1-29(2,3)38-28(36)34-20-13-21-35-27(34)26(22-32-35)39(31,37)33-30(23-14-7-4-8-15-23,24-16-9-5-10-17-24)25-18-11-6-12-19-25/h4-12,14-19,22H,13,20-21H2,1-3H3,(H2,31,33,37). The van der Waals surface area contributed by atoms with Gasteiger partial charge in [0.15, 0.2) is 5.82 Å². The summed E-state index contributed by atoms with van der Waals surface area (Å²) >= 11 is 0. The van der Waals surface area contributed by atoms with Crippen LogP contribution in [0.5, 0.6) is 0 Å². The van der Waals surface area contributed by atoms with Gasteiger partial charge in [-0.05, 0) is 43.9 Å². The highest BCUT2D eigenvalue weighted by molar-refractivity contribution is 7.91. The van der Waals surface area contributed by atoms with Gasteiger partial charge in [0.2, 0.25) is 0 Å². The van der Waals surface area contributed by atoms with E-state index in [9.17, 15) is 9.00 Å². The molecule has 3 aromatic carbocycles. The quantitative estimate of drug-likeness (QED) is 0.325. The zero-order valence-corrected chi connectivity index (χ0v) is 23.2. The Labute approximate surface area is 229 Å². The lowest BCUT2D eigenvalue weighted by atomic mass is 9.78. The van der Waals surface area contributed by atoms with Crippen LogP contribution < -0.4 is 10.0 Å². The summed E-state index contributed by atoms with van der Waals surface area (Å²) in [5, 5.41) is 11.2. The molecule has 5 rings (SSSR count). The van der Waals surface area contributed by atoms with Crippen molar-refractivity contribution in [2.75, 3.05) is 11.4 Å². The van der Waals surface area contributed by atoms with Gasteiger partial charge in [0, 0.05) is 13.1 Å². The molecule has 0 radical (unpaired) electrons.